The molecule has 0 bridgehead atoms. The summed E-state index contributed by atoms with van der Waals surface area (Å²) < 4.78 is 0. The Morgan fingerprint density at radius 1 is 1.28 bits per heavy atom. The van der Waals surface area contributed by atoms with Gasteiger partial charge in [-0.1, -0.05) is 11.6 Å². The van der Waals surface area contributed by atoms with Crippen molar-refractivity contribution < 1.29 is 0 Å². The summed E-state index contributed by atoms with van der Waals surface area (Å²) in [4.78, 5) is 5.86. The topological polar surface area (TPSA) is 65.1 Å². The second-order valence-electron chi connectivity index (χ2n) is 5.61. The number of benzene rings is 1. The van der Waals surface area contributed by atoms with E-state index >= 15 is 0 Å². The number of rotatable bonds is 9. The quantitative estimate of drug-likeness (QED) is 0.269. The zero-order valence-electron chi connectivity index (χ0n) is 14.8. The number of nitrogens with one attached hydrogen (secondary N) is 3. The Balaban J connectivity index is 1.68. The molecule has 0 aliphatic heterocycles. The minimum atomic E-state index is 0.773. The molecule has 2 aromatic rings. The molecule has 0 aliphatic rings. The number of H-pyrrole nitrogens is 1. The van der Waals surface area contributed by atoms with Crippen molar-refractivity contribution in [1.82, 2.24) is 20.8 Å². The Labute approximate surface area is 159 Å². The van der Waals surface area contributed by atoms with Crippen molar-refractivity contribution in [3.8, 4) is 0 Å². The second kappa shape index (κ2) is 11.1. The summed E-state index contributed by atoms with van der Waals surface area (Å²) in [6.45, 7) is 6.64. The molecule has 0 atom stereocenters. The Kier molecular flexibility index (Phi) is 8.69. The summed E-state index contributed by atoms with van der Waals surface area (Å²) >= 11 is 7.70. The molecule has 0 aliphatic carbocycles. The minimum Gasteiger partial charge on any atom is -0.357 e. The fourth-order valence-electron chi connectivity index (χ4n) is 2.30. The SMILES string of the molecule is CCNC(=NCCCc1cn[nH]c1C)NCCSc1ccc(Cl)cc1. The zero-order chi connectivity index (χ0) is 17.9. The van der Waals surface area contributed by atoms with Gasteiger partial charge in [-0.3, -0.25) is 10.1 Å². The Hall–Kier alpha value is -1.66. The molecule has 0 saturated heterocycles. The van der Waals surface area contributed by atoms with Gasteiger partial charge in [-0.05, 0) is 56.5 Å². The largest absolute Gasteiger partial charge is 0.357 e. The fourth-order valence-corrected chi connectivity index (χ4v) is 3.19. The molecule has 2 rings (SSSR count). The predicted molar refractivity (Wildman–Crippen MR) is 108 cm³/mol. The van der Waals surface area contributed by atoms with Gasteiger partial charge in [-0.2, -0.15) is 5.10 Å². The van der Waals surface area contributed by atoms with E-state index in [4.69, 9.17) is 11.6 Å². The van der Waals surface area contributed by atoms with Gasteiger partial charge in [0.2, 0.25) is 0 Å². The molecule has 136 valence electrons. The fraction of sp³-hybridized carbons (Fsp3) is 0.444. The highest BCUT2D eigenvalue weighted by Crippen LogP contribution is 2.19. The smallest absolute Gasteiger partial charge is 0.191 e. The second-order valence-corrected chi connectivity index (χ2v) is 7.22. The van der Waals surface area contributed by atoms with Gasteiger partial charge in [0.1, 0.15) is 0 Å². The average molecular weight is 380 g/mol. The Bertz CT molecular complexity index is 654. The van der Waals surface area contributed by atoms with Crippen molar-refractivity contribution in [2.24, 2.45) is 4.99 Å². The molecule has 5 nitrogen and oxygen atoms in total. The summed E-state index contributed by atoms with van der Waals surface area (Å²) in [5.74, 6) is 1.85. The van der Waals surface area contributed by atoms with Crippen LogP contribution in [0.4, 0.5) is 0 Å². The number of hydrogen-bond donors (Lipinski definition) is 3. The average Bonchev–Trinajstić information content (AvgIpc) is 3.02. The van der Waals surface area contributed by atoms with Crippen molar-refractivity contribution in [3.63, 3.8) is 0 Å². The number of aromatic amines is 1. The van der Waals surface area contributed by atoms with Crippen LogP contribution in [0.2, 0.25) is 5.02 Å². The van der Waals surface area contributed by atoms with Gasteiger partial charge in [0.15, 0.2) is 5.96 Å². The van der Waals surface area contributed by atoms with Crippen molar-refractivity contribution in [2.75, 3.05) is 25.4 Å². The van der Waals surface area contributed by atoms with Gasteiger partial charge in [-0.15, -0.1) is 11.8 Å². The van der Waals surface area contributed by atoms with Crippen LogP contribution in [-0.4, -0.2) is 41.5 Å². The third-order valence-corrected chi connectivity index (χ3v) is 4.90. The highest BCUT2D eigenvalue weighted by molar-refractivity contribution is 7.99. The lowest BCUT2D eigenvalue weighted by molar-refractivity contribution is 0.794. The minimum absolute atomic E-state index is 0.773. The van der Waals surface area contributed by atoms with Crippen LogP contribution in [0, 0.1) is 6.92 Å². The Morgan fingerprint density at radius 2 is 2.08 bits per heavy atom. The molecule has 1 aromatic heterocycles. The summed E-state index contributed by atoms with van der Waals surface area (Å²) in [6.07, 6.45) is 3.91. The van der Waals surface area contributed by atoms with E-state index < -0.39 is 0 Å². The number of aryl methyl sites for hydroxylation is 2. The van der Waals surface area contributed by atoms with Crippen LogP contribution in [0.5, 0.6) is 0 Å². The molecule has 0 amide bonds. The van der Waals surface area contributed by atoms with E-state index in [1.807, 2.05) is 30.5 Å². The summed E-state index contributed by atoms with van der Waals surface area (Å²) in [5.41, 5.74) is 2.42. The third kappa shape index (κ3) is 7.40. The number of aromatic nitrogens is 2. The van der Waals surface area contributed by atoms with Gasteiger partial charge in [0.05, 0.1) is 6.20 Å². The molecule has 1 aromatic carbocycles. The first-order valence-electron chi connectivity index (χ1n) is 8.58. The lowest BCUT2D eigenvalue weighted by Gasteiger charge is -2.11. The lowest BCUT2D eigenvalue weighted by atomic mass is 10.1. The van der Waals surface area contributed by atoms with Crippen LogP contribution < -0.4 is 10.6 Å². The van der Waals surface area contributed by atoms with Crippen LogP contribution in [-0.2, 0) is 6.42 Å². The first-order chi connectivity index (χ1) is 12.2. The molecule has 0 unspecified atom stereocenters. The summed E-state index contributed by atoms with van der Waals surface area (Å²) in [7, 11) is 0. The third-order valence-electron chi connectivity index (χ3n) is 3.63. The first-order valence-corrected chi connectivity index (χ1v) is 9.94. The molecular weight excluding hydrogens is 354 g/mol. The number of guanidine groups is 1. The maximum Gasteiger partial charge on any atom is 0.191 e. The van der Waals surface area contributed by atoms with Gasteiger partial charge in [-0.25, -0.2) is 0 Å². The number of thioether (sulfide) groups is 1. The van der Waals surface area contributed by atoms with Gasteiger partial charge < -0.3 is 10.6 Å². The van der Waals surface area contributed by atoms with Gasteiger partial charge in [0, 0.05) is 41.0 Å². The highest BCUT2D eigenvalue weighted by atomic mass is 35.5. The predicted octanol–water partition coefficient (Wildman–Crippen LogP) is 3.65. The number of nitrogens with zero attached hydrogens (tertiary/aromatic N) is 2. The normalized spacial score (nSPS) is 11.6. The van der Waals surface area contributed by atoms with E-state index in [1.54, 1.807) is 11.8 Å². The lowest BCUT2D eigenvalue weighted by Crippen LogP contribution is -2.38. The standard InChI is InChI=1S/C18H26ClN5S/c1-3-20-18(21-10-4-5-15-13-23-24-14(15)2)22-11-12-25-17-8-6-16(19)7-9-17/h6-9,13H,3-5,10-12H2,1-2H3,(H,23,24)(H2,20,21,22). The first kappa shape index (κ1) is 19.7. The zero-order valence-corrected chi connectivity index (χ0v) is 16.4. The van der Waals surface area contributed by atoms with E-state index in [-0.39, 0.29) is 0 Å². The van der Waals surface area contributed by atoms with Crippen LogP contribution >= 0.6 is 23.4 Å². The van der Waals surface area contributed by atoms with Crippen LogP contribution in [0.25, 0.3) is 0 Å². The van der Waals surface area contributed by atoms with E-state index in [2.05, 4.69) is 39.7 Å². The van der Waals surface area contributed by atoms with Crippen LogP contribution in [0.3, 0.4) is 0 Å². The molecule has 0 radical (unpaired) electrons. The molecule has 0 spiro atoms. The molecule has 7 heteroatoms. The maximum atomic E-state index is 5.90. The van der Waals surface area contributed by atoms with Crippen molar-refractivity contribution in [2.45, 2.75) is 31.6 Å². The highest BCUT2D eigenvalue weighted by Gasteiger charge is 2.01. The number of aliphatic imine (C=N–C) groups is 1. The Morgan fingerprint density at radius 3 is 2.76 bits per heavy atom. The molecule has 3 N–H and O–H groups in total. The van der Waals surface area contributed by atoms with E-state index in [1.165, 1.54) is 10.5 Å². The van der Waals surface area contributed by atoms with Crippen molar-refractivity contribution in [3.05, 3.63) is 46.7 Å². The number of hydrogen-bond acceptors (Lipinski definition) is 3. The van der Waals surface area contributed by atoms with Crippen molar-refractivity contribution in [1.29, 1.82) is 0 Å². The molecule has 1 heterocycles. The molecule has 0 fully saturated rings. The van der Waals surface area contributed by atoms with E-state index in [0.29, 0.717) is 0 Å². The van der Waals surface area contributed by atoms with Crippen molar-refractivity contribution >= 4 is 29.3 Å². The summed E-state index contributed by atoms with van der Waals surface area (Å²) in [5, 5.41) is 14.5. The van der Waals surface area contributed by atoms with Gasteiger partial charge in [0.25, 0.3) is 0 Å². The molecular formula is C18H26ClN5S. The number of halogens is 1. The van der Waals surface area contributed by atoms with Crippen LogP contribution in [0.15, 0.2) is 40.4 Å². The monoisotopic (exact) mass is 379 g/mol. The van der Waals surface area contributed by atoms with Crippen LogP contribution in [0.1, 0.15) is 24.6 Å². The maximum absolute atomic E-state index is 5.90. The summed E-state index contributed by atoms with van der Waals surface area (Å²) in [6, 6.07) is 7.93. The molecule has 0 saturated carbocycles. The van der Waals surface area contributed by atoms with E-state index in [9.17, 15) is 0 Å². The molecule has 25 heavy (non-hydrogen) atoms. The van der Waals surface area contributed by atoms with Gasteiger partial charge >= 0.3 is 0 Å². The van der Waals surface area contributed by atoms with E-state index in [0.717, 1.165) is 54.9 Å².